The molecule has 32 heavy (non-hydrogen) atoms. The van der Waals surface area contributed by atoms with E-state index < -0.39 is 15.9 Å². The van der Waals surface area contributed by atoms with Gasteiger partial charge in [0.1, 0.15) is 5.00 Å². The smallest absolute Gasteiger partial charge is 0.251 e. The van der Waals surface area contributed by atoms with Gasteiger partial charge in [-0.2, -0.15) is 4.31 Å². The molecule has 2 heterocycles. The molecule has 0 spiro atoms. The van der Waals surface area contributed by atoms with Crippen molar-refractivity contribution >= 4 is 61.0 Å². The summed E-state index contributed by atoms with van der Waals surface area (Å²) in [6.07, 6.45) is 0. The van der Waals surface area contributed by atoms with Crippen LogP contribution in [0.25, 0.3) is 11.0 Å². The highest BCUT2D eigenvalue weighted by molar-refractivity contribution is 7.99. The lowest BCUT2D eigenvalue weighted by Crippen LogP contribution is -2.30. The molecule has 172 valence electrons. The molecule has 3 N–H and O–H groups in total. The van der Waals surface area contributed by atoms with E-state index in [1.807, 2.05) is 11.5 Å². The molecule has 0 aliphatic carbocycles. The van der Waals surface area contributed by atoms with Gasteiger partial charge in [0.15, 0.2) is 5.16 Å². The molecule has 0 saturated carbocycles. The number of aryl methyl sites for hydroxylation is 1. The van der Waals surface area contributed by atoms with Gasteiger partial charge in [0, 0.05) is 19.6 Å². The number of imidazole rings is 1. The zero-order valence-corrected chi connectivity index (χ0v) is 20.4. The van der Waals surface area contributed by atoms with E-state index in [4.69, 9.17) is 5.73 Å². The second kappa shape index (κ2) is 10.0. The van der Waals surface area contributed by atoms with Gasteiger partial charge >= 0.3 is 0 Å². The average molecular weight is 496 g/mol. The maximum absolute atomic E-state index is 12.8. The predicted molar refractivity (Wildman–Crippen MR) is 128 cm³/mol. The summed E-state index contributed by atoms with van der Waals surface area (Å²) in [5, 5.41) is 5.41. The molecule has 0 radical (unpaired) electrons. The Morgan fingerprint density at radius 2 is 1.94 bits per heavy atom. The van der Waals surface area contributed by atoms with Crippen molar-refractivity contribution in [3.63, 3.8) is 0 Å². The molecule has 2 amide bonds. The first-order valence-electron chi connectivity index (χ1n) is 10.0. The van der Waals surface area contributed by atoms with Crippen LogP contribution in [0.2, 0.25) is 0 Å². The summed E-state index contributed by atoms with van der Waals surface area (Å²) in [5.74, 6) is -0.818. The second-order valence-corrected chi connectivity index (χ2v) is 10.5. The van der Waals surface area contributed by atoms with Crippen molar-refractivity contribution in [2.75, 3.05) is 24.2 Å². The number of aromatic nitrogens is 2. The van der Waals surface area contributed by atoms with Crippen LogP contribution in [0.5, 0.6) is 0 Å². The minimum Gasteiger partial charge on any atom is -0.366 e. The van der Waals surface area contributed by atoms with Crippen molar-refractivity contribution in [3.05, 3.63) is 35.2 Å². The van der Waals surface area contributed by atoms with E-state index in [0.29, 0.717) is 35.3 Å². The zero-order valence-electron chi connectivity index (χ0n) is 18.0. The molecule has 0 aliphatic rings. The Morgan fingerprint density at radius 3 is 2.56 bits per heavy atom. The number of hydrogen-bond acceptors (Lipinski definition) is 7. The van der Waals surface area contributed by atoms with Gasteiger partial charge in [-0.3, -0.25) is 9.59 Å². The molecule has 0 saturated heterocycles. The highest BCUT2D eigenvalue weighted by Gasteiger charge is 2.23. The number of carbonyl (C=O) groups excluding carboxylic acids is 2. The molecular formula is C20H25N5O4S3. The van der Waals surface area contributed by atoms with Crippen LogP contribution in [-0.4, -0.2) is 52.9 Å². The average Bonchev–Trinajstić information content (AvgIpc) is 3.36. The fourth-order valence-corrected chi connectivity index (χ4v) is 6.43. The van der Waals surface area contributed by atoms with Gasteiger partial charge in [-0.15, -0.1) is 11.3 Å². The van der Waals surface area contributed by atoms with Gasteiger partial charge < -0.3 is 15.6 Å². The highest BCUT2D eigenvalue weighted by Crippen LogP contribution is 2.28. The second-order valence-electron chi connectivity index (χ2n) is 6.74. The first-order valence-corrected chi connectivity index (χ1v) is 13.3. The standard InChI is InChI=1S/C20H25N5O4S3/c1-4-24(5-2)32(28,29)13-7-8-16-15(11-13)22-20(25(16)6-3)31-12-17(26)23-19-14(18(21)27)9-10-30-19/h7-11H,4-6,12H2,1-3H3,(H2,21,27)(H,23,26). The fourth-order valence-electron chi connectivity index (χ4n) is 3.27. The topological polar surface area (TPSA) is 127 Å². The van der Waals surface area contributed by atoms with E-state index in [2.05, 4.69) is 10.3 Å². The van der Waals surface area contributed by atoms with Crippen LogP contribution in [0.1, 0.15) is 31.1 Å². The summed E-state index contributed by atoms with van der Waals surface area (Å²) >= 11 is 2.46. The molecule has 9 nitrogen and oxygen atoms in total. The molecule has 1 aromatic carbocycles. The summed E-state index contributed by atoms with van der Waals surface area (Å²) in [5.41, 5.74) is 6.93. The Morgan fingerprint density at radius 1 is 1.22 bits per heavy atom. The normalized spacial score (nSPS) is 11.9. The summed E-state index contributed by atoms with van der Waals surface area (Å²) in [6.45, 7) is 6.94. The molecule has 0 aliphatic heterocycles. The lowest BCUT2D eigenvalue weighted by atomic mass is 10.3. The number of anilines is 1. The Balaban J connectivity index is 1.82. The summed E-state index contributed by atoms with van der Waals surface area (Å²) in [7, 11) is -3.59. The van der Waals surface area contributed by atoms with E-state index in [0.717, 1.165) is 5.52 Å². The van der Waals surface area contributed by atoms with E-state index in [1.54, 1.807) is 43.5 Å². The third kappa shape index (κ3) is 4.82. The maximum atomic E-state index is 12.8. The summed E-state index contributed by atoms with van der Waals surface area (Å²) in [6, 6.07) is 6.48. The minimum atomic E-state index is -3.59. The van der Waals surface area contributed by atoms with Crippen LogP contribution in [-0.2, 0) is 21.4 Å². The number of sulfonamides is 1. The largest absolute Gasteiger partial charge is 0.366 e. The quantitative estimate of drug-likeness (QED) is 0.416. The van der Waals surface area contributed by atoms with Crippen LogP contribution < -0.4 is 11.1 Å². The number of hydrogen-bond donors (Lipinski definition) is 2. The molecular weight excluding hydrogens is 470 g/mol. The number of fused-ring (bicyclic) bond motifs is 1. The Bertz CT molecular complexity index is 1250. The lowest BCUT2D eigenvalue weighted by Gasteiger charge is -2.18. The van der Waals surface area contributed by atoms with Crippen LogP contribution in [0.3, 0.4) is 0 Å². The molecule has 0 fully saturated rings. The molecule has 3 rings (SSSR count). The maximum Gasteiger partial charge on any atom is 0.251 e. The number of primary amides is 1. The number of carbonyl (C=O) groups is 2. The lowest BCUT2D eigenvalue weighted by molar-refractivity contribution is -0.113. The third-order valence-corrected chi connectivity index (χ3v) is 8.71. The van der Waals surface area contributed by atoms with Gasteiger partial charge in [0.25, 0.3) is 5.91 Å². The molecule has 2 aromatic heterocycles. The number of rotatable bonds is 10. The van der Waals surface area contributed by atoms with E-state index in [9.17, 15) is 18.0 Å². The predicted octanol–water partition coefficient (Wildman–Crippen LogP) is 2.98. The first kappa shape index (κ1) is 24.2. The number of thiophene rings is 1. The molecule has 0 bridgehead atoms. The molecule has 12 heteroatoms. The zero-order chi connectivity index (χ0) is 23.5. The Kier molecular flexibility index (Phi) is 7.59. The fraction of sp³-hybridized carbons (Fsp3) is 0.350. The third-order valence-electron chi connectivity index (χ3n) is 4.86. The number of nitrogens with zero attached hydrogens (tertiary/aromatic N) is 3. The van der Waals surface area contributed by atoms with Crippen LogP contribution >= 0.6 is 23.1 Å². The van der Waals surface area contributed by atoms with E-state index in [-0.39, 0.29) is 22.1 Å². The summed E-state index contributed by atoms with van der Waals surface area (Å²) in [4.78, 5) is 28.6. The number of amides is 2. The summed E-state index contributed by atoms with van der Waals surface area (Å²) < 4.78 is 29.0. The van der Waals surface area contributed by atoms with E-state index in [1.165, 1.54) is 27.4 Å². The van der Waals surface area contributed by atoms with Crippen molar-refractivity contribution in [3.8, 4) is 0 Å². The van der Waals surface area contributed by atoms with Crippen molar-refractivity contribution in [1.82, 2.24) is 13.9 Å². The number of nitrogens with one attached hydrogen (secondary N) is 1. The first-order chi connectivity index (χ1) is 15.2. The van der Waals surface area contributed by atoms with Crippen LogP contribution in [0.15, 0.2) is 39.7 Å². The SMILES string of the molecule is CCN(CC)S(=O)(=O)c1ccc2c(c1)nc(SCC(=O)Nc1sccc1C(N)=O)n2CC. The molecule has 0 unspecified atom stereocenters. The monoisotopic (exact) mass is 495 g/mol. The van der Waals surface area contributed by atoms with Crippen molar-refractivity contribution < 1.29 is 18.0 Å². The van der Waals surface area contributed by atoms with Crippen molar-refractivity contribution in [2.45, 2.75) is 37.4 Å². The van der Waals surface area contributed by atoms with Crippen molar-refractivity contribution in [2.24, 2.45) is 5.73 Å². The van der Waals surface area contributed by atoms with E-state index >= 15 is 0 Å². The number of benzene rings is 1. The molecule has 0 atom stereocenters. The molecule has 3 aromatic rings. The number of nitrogens with two attached hydrogens (primary N) is 1. The van der Waals surface area contributed by atoms with Gasteiger partial charge in [-0.05, 0) is 36.6 Å². The van der Waals surface area contributed by atoms with Gasteiger partial charge in [0.2, 0.25) is 15.9 Å². The van der Waals surface area contributed by atoms with Crippen molar-refractivity contribution in [1.29, 1.82) is 0 Å². The van der Waals surface area contributed by atoms with Crippen LogP contribution in [0.4, 0.5) is 5.00 Å². The number of thioether (sulfide) groups is 1. The highest BCUT2D eigenvalue weighted by atomic mass is 32.2. The Labute approximate surface area is 195 Å². The Hall–Kier alpha value is -2.41. The van der Waals surface area contributed by atoms with Crippen LogP contribution in [0, 0.1) is 0 Å². The van der Waals surface area contributed by atoms with Gasteiger partial charge in [-0.25, -0.2) is 13.4 Å². The van der Waals surface area contributed by atoms with Gasteiger partial charge in [0.05, 0.1) is 27.2 Å². The minimum absolute atomic E-state index is 0.0734. The van der Waals surface area contributed by atoms with Gasteiger partial charge in [-0.1, -0.05) is 25.6 Å².